The zero-order valence-corrected chi connectivity index (χ0v) is 8.31. The van der Waals surface area contributed by atoms with E-state index < -0.39 is 0 Å². The standard InChI is InChI=1S/2B.Ca.6H3N/h;;;6*1H3/q2*-1;+2;;;;;;. The van der Waals surface area contributed by atoms with Gasteiger partial charge in [0, 0.05) is 0 Å². The monoisotopic (exact) mass is 164 g/mol. The third-order valence-corrected chi connectivity index (χ3v) is 0. The largest absolute Gasteiger partial charge is 2.00 e. The molecule has 0 spiro atoms. The van der Waals surface area contributed by atoms with E-state index in [0.29, 0.717) is 0 Å². The normalized spacial score (nSPS) is 0. The smallest absolute Gasteiger partial charge is 1.00 e. The summed E-state index contributed by atoms with van der Waals surface area (Å²) in [6.07, 6.45) is 0. The minimum atomic E-state index is 0. The van der Waals surface area contributed by atoms with Crippen molar-refractivity contribution >= 4 is 54.6 Å². The molecular formula is H18B2CaN6. The van der Waals surface area contributed by atoms with Crippen molar-refractivity contribution in [3.63, 3.8) is 0 Å². The van der Waals surface area contributed by atoms with Gasteiger partial charge in [-0.25, -0.2) is 0 Å². The van der Waals surface area contributed by atoms with Gasteiger partial charge in [0.25, 0.3) is 0 Å². The quantitative estimate of drug-likeness (QED) is 0.267. The molecule has 8 radical (unpaired) electrons. The van der Waals surface area contributed by atoms with Gasteiger partial charge in [0.05, 0.1) is 0 Å². The molecule has 0 aliphatic heterocycles. The summed E-state index contributed by atoms with van der Waals surface area (Å²) in [5, 5.41) is 0. The van der Waals surface area contributed by atoms with E-state index in [0.717, 1.165) is 0 Å². The summed E-state index contributed by atoms with van der Waals surface area (Å²) in [5.74, 6) is 0. The molecule has 0 amide bonds. The average molecular weight is 164 g/mol. The number of hydrogen-bond donors (Lipinski definition) is 6. The fourth-order valence-corrected chi connectivity index (χ4v) is 0. The molecule has 0 atom stereocenters. The van der Waals surface area contributed by atoms with Crippen LogP contribution in [0.15, 0.2) is 0 Å². The van der Waals surface area contributed by atoms with Gasteiger partial charge in [-0.15, -0.1) is 0 Å². The van der Waals surface area contributed by atoms with Gasteiger partial charge < -0.3 is 53.7 Å². The zero-order valence-electron chi connectivity index (χ0n) is 6.10. The van der Waals surface area contributed by atoms with Gasteiger partial charge in [0.1, 0.15) is 0 Å². The topological polar surface area (TPSA) is 210 Å². The van der Waals surface area contributed by atoms with Gasteiger partial charge in [-0.1, -0.05) is 0 Å². The summed E-state index contributed by atoms with van der Waals surface area (Å²) < 4.78 is 0. The van der Waals surface area contributed by atoms with Crippen molar-refractivity contribution in [3.05, 3.63) is 0 Å². The molecule has 9 heteroatoms. The minimum Gasteiger partial charge on any atom is -1.00 e. The Kier molecular flexibility index (Phi) is 32800. The maximum absolute atomic E-state index is 0. The van der Waals surface area contributed by atoms with E-state index in [4.69, 9.17) is 0 Å². The fraction of sp³-hybridized carbons (Fsp3) is 0. The Balaban J connectivity index is 0. The molecular weight excluding hydrogens is 146 g/mol. The van der Waals surface area contributed by atoms with Crippen molar-refractivity contribution in [2.24, 2.45) is 0 Å². The first kappa shape index (κ1) is 643. The SMILES string of the molecule is N.N.N.N.N.N.[B-].[B-].[Ca+2]. The second kappa shape index (κ2) is 460. The van der Waals surface area contributed by atoms with Crippen LogP contribution in [0.25, 0.3) is 0 Å². The van der Waals surface area contributed by atoms with Crippen LogP contribution in [0.1, 0.15) is 0 Å². The van der Waals surface area contributed by atoms with E-state index in [-0.39, 0.29) is 91.5 Å². The predicted molar refractivity (Wildman–Crippen MR) is 47.4 cm³/mol. The van der Waals surface area contributed by atoms with E-state index in [1.54, 1.807) is 0 Å². The molecule has 0 rings (SSSR count). The molecule has 0 saturated carbocycles. The van der Waals surface area contributed by atoms with Crippen LogP contribution in [0.2, 0.25) is 0 Å². The summed E-state index contributed by atoms with van der Waals surface area (Å²) in [6.45, 7) is 0. The third kappa shape index (κ3) is 354. The number of hydrogen-bond acceptors (Lipinski definition) is 6. The molecule has 0 aromatic heterocycles. The average Bonchev–Trinajstić information content (AvgIpc) is 0. The Labute approximate surface area is 90.9 Å². The summed E-state index contributed by atoms with van der Waals surface area (Å²) in [6, 6.07) is 0. The van der Waals surface area contributed by atoms with Gasteiger partial charge in [0.15, 0.2) is 0 Å². The van der Waals surface area contributed by atoms with E-state index in [2.05, 4.69) is 0 Å². The summed E-state index contributed by atoms with van der Waals surface area (Å²) >= 11 is 0. The van der Waals surface area contributed by atoms with Crippen molar-refractivity contribution in [2.75, 3.05) is 0 Å². The summed E-state index contributed by atoms with van der Waals surface area (Å²) in [7, 11) is 0. The third-order valence-electron chi connectivity index (χ3n) is 0. The van der Waals surface area contributed by atoms with Crippen molar-refractivity contribution in [1.29, 1.82) is 0 Å². The molecule has 0 aromatic rings. The molecule has 0 fully saturated rings. The summed E-state index contributed by atoms with van der Waals surface area (Å²) in [4.78, 5) is 0. The van der Waals surface area contributed by atoms with Crippen molar-refractivity contribution in [1.82, 2.24) is 36.9 Å². The first-order chi connectivity index (χ1) is 0. The predicted octanol–water partition coefficient (Wildman–Crippen LogP) is -0.170. The van der Waals surface area contributed by atoms with E-state index >= 15 is 0 Å². The Bertz CT molecular complexity index is 11.0. The van der Waals surface area contributed by atoms with E-state index in [9.17, 15) is 0 Å². The second-order valence-electron chi connectivity index (χ2n) is 0. The first-order valence-corrected chi connectivity index (χ1v) is 0. The van der Waals surface area contributed by atoms with Crippen LogP contribution in [-0.2, 0) is 0 Å². The molecule has 0 unspecified atom stereocenters. The second-order valence-corrected chi connectivity index (χ2v) is 0. The molecule has 0 saturated heterocycles. The molecule has 6 nitrogen and oxygen atoms in total. The summed E-state index contributed by atoms with van der Waals surface area (Å²) in [5.41, 5.74) is 0. The van der Waals surface area contributed by atoms with Gasteiger partial charge in [0.2, 0.25) is 0 Å². The van der Waals surface area contributed by atoms with Crippen LogP contribution in [0.5, 0.6) is 0 Å². The Morgan fingerprint density at radius 2 is 0.333 bits per heavy atom. The molecule has 56 valence electrons. The molecule has 0 aliphatic carbocycles. The molecule has 0 aromatic carbocycles. The van der Waals surface area contributed by atoms with Crippen molar-refractivity contribution < 1.29 is 0 Å². The zero-order chi connectivity index (χ0) is 0. The van der Waals surface area contributed by atoms with Crippen LogP contribution >= 0.6 is 0 Å². The van der Waals surface area contributed by atoms with Gasteiger partial charge >= 0.3 is 37.7 Å². The van der Waals surface area contributed by atoms with Crippen LogP contribution in [0.3, 0.4) is 0 Å². The Morgan fingerprint density at radius 1 is 0.333 bits per heavy atom. The van der Waals surface area contributed by atoms with Crippen LogP contribution in [-0.4, -0.2) is 54.6 Å². The van der Waals surface area contributed by atoms with Crippen LogP contribution in [0.4, 0.5) is 0 Å². The molecule has 18 N–H and O–H groups in total. The van der Waals surface area contributed by atoms with E-state index in [1.807, 2.05) is 0 Å². The maximum atomic E-state index is 0. The Morgan fingerprint density at radius 3 is 0.333 bits per heavy atom. The van der Waals surface area contributed by atoms with Crippen molar-refractivity contribution in [2.45, 2.75) is 0 Å². The maximum Gasteiger partial charge on any atom is 2.00 e. The minimum absolute atomic E-state index is 0. The van der Waals surface area contributed by atoms with Gasteiger partial charge in [-0.3, -0.25) is 0 Å². The number of rotatable bonds is 0. The van der Waals surface area contributed by atoms with Gasteiger partial charge in [-0.2, -0.15) is 0 Å². The van der Waals surface area contributed by atoms with Gasteiger partial charge in [-0.05, 0) is 0 Å². The fourth-order valence-electron chi connectivity index (χ4n) is 0. The molecule has 9 heavy (non-hydrogen) atoms. The first-order valence-electron chi connectivity index (χ1n) is 0. The van der Waals surface area contributed by atoms with E-state index in [1.165, 1.54) is 0 Å². The Hall–Kier alpha value is 1.15. The van der Waals surface area contributed by atoms with Crippen LogP contribution in [0, 0.1) is 0 Å². The molecule has 0 aliphatic rings. The van der Waals surface area contributed by atoms with Crippen molar-refractivity contribution in [3.8, 4) is 0 Å². The molecule has 0 heterocycles. The molecule has 0 bridgehead atoms. The van der Waals surface area contributed by atoms with Crippen LogP contribution < -0.4 is 36.9 Å².